The van der Waals surface area contributed by atoms with Crippen LogP contribution in [0.5, 0.6) is 0 Å². The van der Waals surface area contributed by atoms with Gasteiger partial charge in [-0.15, -0.1) is 0 Å². The minimum absolute atomic E-state index is 0.267. The minimum Gasteiger partial charge on any atom is -0.371 e. The number of nitrogens with zero attached hydrogens (tertiary/aromatic N) is 4. The van der Waals surface area contributed by atoms with Gasteiger partial charge in [-0.25, -0.2) is 18.7 Å². The lowest BCUT2D eigenvalue weighted by Crippen LogP contribution is -2.23. The van der Waals surface area contributed by atoms with E-state index in [1.54, 1.807) is 6.07 Å². The maximum absolute atomic E-state index is 13.3. The van der Waals surface area contributed by atoms with Crippen LogP contribution in [0.25, 0.3) is 0 Å². The number of rotatable bonds is 4. The van der Waals surface area contributed by atoms with Gasteiger partial charge in [0.2, 0.25) is 0 Å². The van der Waals surface area contributed by atoms with Crippen LogP contribution in [0.15, 0.2) is 30.6 Å². The summed E-state index contributed by atoms with van der Waals surface area (Å²) in [6.45, 7) is 2.16. The molecule has 23 heavy (non-hydrogen) atoms. The van der Waals surface area contributed by atoms with Gasteiger partial charge in [0, 0.05) is 43.8 Å². The zero-order chi connectivity index (χ0) is 16.2. The molecule has 1 N–H and O–H groups in total. The number of nitriles is 1. The zero-order valence-electron chi connectivity index (χ0n) is 12.3. The molecule has 1 atom stereocenters. The van der Waals surface area contributed by atoms with Crippen molar-refractivity contribution < 1.29 is 8.78 Å². The van der Waals surface area contributed by atoms with E-state index < -0.39 is 11.6 Å². The van der Waals surface area contributed by atoms with Crippen molar-refractivity contribution in [3.63, 3.8) is 0 Å². The number of anilines is 2. The SMILES string of the molecule is N#Cc1nccnc1NCC1CCN(c2ccc(F)c(F)c2)C1. The zero-order valence-corrected chi connectivity index (χ0v) is 12.3. The Morgan fingerprint density at radius 3 is 2.87 bits per heavy atom. The first kappa shape index (κ1) is 15.2. The van der Waals surface area contributed by atoms with E-state index >= 15 is 0 Å². The van der Waals surface area contributed by atoms with E-state index in [-0.39, 0.29) is 5.69 Å². The summed E-state index contributed by atoms with van der Waals surface area (Å²) in [6, 6.07) is 5.95. The maximum atomic E-state index is 13.3. The molecular weight excluding hydrogens is 300 g/mol. The molecule has 5 nitrogen and oxygen atoms in total. The molecule has 1 aromatic heterocycles. The molecule has 0 spiro atoms. The van der Waals surface area contributed by atoms with Crippen molar-refractivity contribution in [2.75, 3.05) is 29.9 Å². The number of halogens is 2. The molecule has 1 aliphatic heterocycles. The third kappa shape index (κ3) is 3.37. The van der Waals surface area contributed by atoms with E-state index in [0.29, 0.717) is 24.0 Å². The van der Waals surface area contributed by atoms with Crippen LogP contribution in [-0.2, 0) is 0 Å². The minimum atomic E-state index is -0.835. The third-order valence-electron chi connectivity index (χ3n) is 3.92. The molecule has 7 heteroatoms. The maximum Gasteiger partial charge on any atom is 0.182 e. The van der Waals surface area contributed by atoms with Crippen LogP contribution in [0.3, 0.4) is 0 Å². The third-order valence-corrected chi connectivity index (χ3v) is 3.92. The van der Waals surface area contributed by atoms with Crippen molar-refractivity contribution >= 4 is 11.5 Å². The predicted molar refractivity (Wildman–Crippen MR) is 81.9 cm³/mol. The Labute approximate surface area is 132 Å². The quantitative estimate of drug-likeness (QED) is 0.939. The number of hydrogen-bond donors (Lipinski definition) is 1. The van der Waals surface area contributed by atoms with E-state index in [0.717, 1.165) is 25.6 Å². The summed E-state index contributed by atoms with van der Waals surface area (Å²) >= 11 is 0. The molecule has 0 amide bonds. The molecule has 1 aromatic carbocycles. The number of nitrogens with one attached hydrogen (secondary N) is 1. The van der Waals surface area contributed by atoms with Crippen molar-refractivity contribution in [2.45, 2.75) is 6.42 Å². The molecule has 0 saturated carbocycles. The van der Waals surface area contributed by atoms with E-state index in [1.807, 2.05) is 11.0 Å². The van der Waals surface area contributed by atoms with Crippen LogP contribution in [0, 0.1) is 28.9 Å². The summed E-state index contributed by atoms with van der Waals surface area (Å²) in [4.78, 5) is 10.1. The van der Waals surface area contributed by atoms with E-state index in [2.05, 4.69) is 15.3 Å². The van der Waals surface area contributed by atoms with Gasteiger partial charge in [0.05, 0.1) is 0 Å². The van der Waals surface area contributed by atoms with Gasteiger partial charge in [-0.2, -0.15) is 5.26 Å². The second-order valence-corrected chi connectivity index (χ2v) is 5.45. The van der Waals surface area contributed by atoms with Gasteiger partial charge < -0.3 is 10.2 Å². The number of hydrogen-bond acceptors (Lipinski definition) is 5. The molecule has 1 saturated heterocycles. The number of benzene rings is 1. The molecule has 0 radical (unpaired) electrons. The largest absolute Gasteiger partial charge is 0.371 e. The lowest BCUT2D eigenvalue weighted by Gasteiger charge is -2.19. The summed E-state index contributed by atoms with van der Waals surface area (Å²) in [7, 11) is 0. The normalized spacial score (nSPS) is 17.1. The topological polar surface area (TPSA) is 64.8 Å². The van der Waals surface area contributed by atoms with Crippen LogP contribution in [-0.4, -0.2) is 29.6 Å². The number of aromatic nitrogens is 2. The molecule has 0 bridgehead atoms. The molecule has 1 fully saturated rings. The van der Waals surface area contributed by atoms with Gasteiger partial charge in [0.15, 0.2) is 23.1 Å². The van der Waals surface area contributed by atoms with Crippen LogP contribution >= 0.6 is 0 Å². The monoisotopic (exact) mass is 315 g/mol. The summed E-state index contributed by atoms with van der Waals surface area (Å²) < 4.78 is 26.3. The molecule has 0 aliphatic carbocycles. The van der Waals surface area contributed by atoms with Gasteiger partial charge in [-0.3, -0.25) is 0 Å². The predicted octanol–water partition coefficient (Wildman–Crippen LogP) is 2.56. The van der Waals surface area contributed by atoms with Crippen molar-refractivity contribution in [3.05, 3.63) is 47.9 Å². The van der Waals surface area contributed by atoms with Gasteiger partial charge in [-0.1, -0.05) is 0 Å². The highest BCUT2D eigenvalue weighted by Gasteiger charge is 2.23. The van der Waals surface area contributed by atoms with Gasteiger partial charge in [0.1, 0.15) is 6.07 Å². The first-order valence-electron chi connectivity index (χ1n) is 7.32. The molecule has 1 unspecified atom stereocenters. The van der Waals surface area contributed by atoms with Gasteiger partial charge >= 0.3 is 0 Å². The van der Waals surface area contributed by atoms with Crippen molar-refractivity contribution in [1.29, 1.82) is 5.26 Å². The summed E-state index contributed by atoms with van der Waals surface area (Å²) in [5.41, 5.74) is 0.951. The highest BCUT2D eigenvalue weighted by atomic mass is 19.2. The Balaban J connectivity index is 1.60. The Hall–Kier alpha value is -2.75. The molecule has 118 valence electrons. The molecule has 1 aliphatic rings. The van der Waals surface area contributed by atoms with Crippen LogP contribution in [0.4, 0.5) is 20.3 Å². The van der Waals surface area contributed by atoms with E-state index in [9.17, 15) is 8.78 Å². The Morgan fingerprint density at radius 1 is 1.26 bits per heavy atom. The smallest absolute Gasteiger partial charge is 0.182 e. The molecule has 2 heterocycles. The Bertz CT molecular complexity index is 743. The first-order valence-corrected chi connectivity index (χ1v) is 7.32. The van der Waals surface area contributed by atoms with Crippen molar-refractivity contribution in [3.8, 4) is 6.07 Å². The second kappa shape index (κ2) is 6.57. The molecule has 3 rings (SSSR count). The van der Waals surface area contributed by atoms with Crippen LogP contribution < -0.4 is 10.2 Å². The van der Waals surface area contributed by atoms with Crippen LogP contribution in [0.2, 0.25) is 0 Å². The molecular formula is C16H15F2N5. The summed E-state index contributed by atoms with van der Waals surface area (Å²) in [5, 5.41) is 12.1. The fraction of sp³-hybridized carbons (Fsp3) is 0.312. The van der Waals surface area contributed by atoms with Gasteiger partial charge in [-0.05, 0) is 24.5 Å². The highest BCUT2D eigenvalue weighted by molar-refractivity contribution is 5.49. The van der Waals surface area contributed by atoms with Crippen LogP contribution in [0.1, 0.15) is 12.1 Å². The average Bonchev–Trinajstić information content (AvgIpc) is 3.04. The van der Waals surface area contributed by atoms with E-state index in [1.165, 1.54) is 18.5 Å². The van der Waals surface area contributed by atoms with Gasteiger partial charge in [0.25, 0.3) is 0 Å². The standard InChI is InChI=1S/C16H15F2N5/c17-13-2-1-12(7-14(13)18)23-6-3-11(10-23)9-22-16-15(8-19)20-4-5-21-16/h1-2,4-5,7,11H,3,6,9-10H2,(H,21,22). The highest BCUT2D eigenvalue weighted by Crippen LogP contribution is 2.25. The van der Waals surface area contributed by atoms with Crippen molar-refractivity contribution in [2.24, 2.45) is 5.92 Å². The Kier molecular flexibility index (Phi) is 4.33. The van der Waals surface area contributed by atoms with E-state index in [4.69, 9.17) is 5.26 Å². The lowest BCUT2D eigenvalue weighted by atomic mass is 10.1. The summed E-state index contributed by atoms with van der Waals surface area (Å²) in [6.07, 6.45) is 3.93. The Morgan fingerprint density at radius 2 is 2.09 bits per heavy atom. The first-order chi connectivity index (χ1) is 11.2. The fourth-order valence-corrected chi connectivity index (χ4v) is 2.71. The molecule has 2 aromatic rings. The average molecular weight is 315 g/mol. The lowest BCUT2D eigenvalue weighted by molar-refractivity contribution is 0.508. The second-order valence-electron chi connectivity index (χ2n) is 5.45. The fourth-order valence-electron chi connectivity index (χ4n) is 2.71. The van der Waals surface area contributed by atoms with Crippen molar-refractivity contribution in [1.82, 2.24) is 9.97 Å². The summed E-state index contributed by atoms with van der Waals surface area (Å²) in [5.74, 6) is -0.863.